The highest BCUT2D eigenvalue weighted by Gasteiger charge is 2.07. The summed E-state index contributed by atoms with van der Waals surface area (Å²) in [5.74, 6) is -0.606. The minimum Gasteiger partial charge on any atom is -0.423 e. The van der Waals surface area contributed by atoms with Gasteiger partial charge in [-0.25, -0.2) is 4.79 Å². The van der Waals surface area contributed by atoms with Crippen molar-refractivity contribution in [2.45, 2.75) is 20.3 Å². The van der Waals surface area contributed by atoms with Crippen molar-refractivity contribution in [3.8, 4) is 5.75 Å². The maximum atomic E-state index is 11.9. The van der Waals surface area contributed by atoms with Gasteiger partial charge >= 0.3 is 5.97 Å². The number of benzene rings is 2. The third-order valence-electron chi connectivity index (χ3n) is 3.37. The van der Waals surface area contributed by atoms with E-state index in [1.165, 1.54) is 0 Å². The van der Waals surface area contributed by atoms with E-state index in [1.54, 1.807) is 25.1 Å². The summed E-state index contributed by atoms with van der Waals surface area (Å²) < 4.78 is 5.18. The third kappa shape index (κ3) is 4.96. The molecule has 0 aliphatic heterocycles. The predicted molar refractivity (Wildman–Crippen MR) is 95.4 cm³/mol. The average Bonchev–Trinajstić information content (AvgIpc) is 2.56. The first kappa shape index (κ1) is 17.8. The summed E-state index contributed by atoms with van der Waals surface area (Å²) in [5, 5.41) is 3.32. The molecule has 0 heterocycles. The van der Waals surface area contributed by atoms with Gasteiger partial charge in [-0.2, -0.15) is 0 Å². The molecule has 0 aromatic heterocycles. The lowest BCUT2D eigenvalue weighted by molar-refractivity contribution is -0.129. The summed E-state index contributed by atoms with van der Waals surface area (Å²) in [4.78, 5) is 23.7. The number of halogens is 1. The van der Waals surface area contributed by atoms with Gasteiger partial charge in [-0.05, 0) is 48.7 Å². The number of amides is 1. The van der Waals surface area contributed by atoms with Crippen LogP contribution in [0.4, 0.5) is 5.69 Å². The Morgan fingerprint density at radius 1 is 1.17 bits per heavy atom. The fourth-order valence-electron chi connectivity index (χ4n) is 2.14. The van der Waals surface area contributed by atoms with E-state index < -0.39 is 5.97 Å². The summed E-state index contributed by atoms with van der Waals surface area (Å²) in [7, 11) is 0. The van der Waals surface area contributed by atoms with Crippen molar-refractivity contribution in [2.24, 2.45) is 0 Å². The number of hydrogen-bond acceptors (Lipinski definition) is 3. The minimum absolute atomic E-state index is 0.388. The highest BCUT2D eigenvalue weighted by atomic mass is 35.5. The molecule has 1 N–H and O–H groups in total. The molecule has 1 amide bonds. The average molecular weight is 344 g/mol. The van der Waals surface area contributed by atoms with Crippen molar-refractivity contribution >= 4 is 29.2 Å². The molecule has 5 heteroatoms. The van der Waals surface area contributed by atoms with E-state index in [0.29, 0.717) is 10.8 Å². The molecule has 0 aliphatic rings. The minimum atomic E-state index is -0.626. The van der Waals surface area contributed by atoms with Crippen molar-refractivity contribution in [3.05, 3.63) is 70.8 Å². The predicted octanol–water partition coefficient (Wildman–Crippen LogP) is 4.31. The van der Waals surface area contributed by atoms with Crippen LogP contribution in [0.15, 0.2) is 54.6 Å². The maximum Gasteiger partial charge on any atom is 0.336 e. The van der Waals surface area contributed by atoms with E-state index in [1.807, 2.05) is 31.2 Å². The molecular weight excluding hydrogens is 326 g/mol. The Kier molecular flexibility index (Phi) is 6.15. The quantitative estimate of drug-likeness (QED) is 0.500. The first-order valence-corrected chi connectivity index (χ1v) is 7.92. The van der Waals surface area contributed by atoms with Crippen LogP contribution >= 0.6 is 11.6 Å². The standard InChI is InChI=1S/C19H18ClNO3/c1-3-14-6-4-5-7-16(14)21-18(22)10-11-19(23)24-17-9-8-15(20)12-13(17)2/h4-12H,3H2,1-2H3,(H,21,22)/b11-10+. The Balaban J connectivity index is 1.97. The first-order chi connectivity index (χ1) is 11.5. The number of ether oxygens (including phenoxy) is 1. The molecule has 0 fully saturated rings. The fraction of sp³-hybridized carbons (Fsp3) is 0.158. The fourth-order valence-corrected chi connectivity index (χ4v) is 2.37. The Hall–Kier alpha value is -2.59. The number of hydrogen-bond donors (Lipinski definition) is 1. The third-order valence-corrected chi connectivity index (χ3v) is 3.61. The Morgan fingerprint density at radius 2 is 1.92 bits per heavy atom. The van der Waals surface area contributed by atoms with E-state index in [0.717, 1.165) is 35.4 Å². The normalized spacial score (nSPS) is 10.6. The highest BCUT2D eigenvalue weighted by molar-refractivity contribution is 6.30. The zero-order valence-corrected chi connectivity index (χ0v) is 14.3. The summed E-state index contributed by atoms with van der Waals surface area (Å²) >= 11 is 5.85. The van der Waals surface area contributed by atoms with Crippen molar-refractivity contribution in [2.75, 3.05) is 5.32 Å². The van der Waals surface area contributed by atoms with Crippen LogP contribution < -0.4 is 10.1 Å². The lowest BCUT2D eigenvalue weighted by Crippen LogP contribution is -2.12. The smallest absolute Gasteiger partial charge is 0.336 e. The van der Waals surface area contributed by atoms with Crippen molar-refractivity contribution < 1.29 is 14.3 Å². The maximum absolute atomic E-state index is 11.9. The Morgan fingerprint density at radius 3 is 2.62 bits per heavy atom. The number of rotatable bonds is 5. The van der Waals surface area contributed by atoms with Crippen LogP contribution in [-0.2, 0) is 16.0 Å². The highest BCUT2D eigenvalue weighted by Crippen LogP contribution is 2.22. The number of carbonyl (C=O) groups is 2. The van der Waals surface area contributed by atoms with Gasteiger partial charge in [-0.1, -0.05) is 36.7 Å². The van der Waals surface area contributed by atoms with Gasteiger partial charge in [0.15, 0.2) is 0 Å². The van der Waals surface area contributed by atoms with Crippen LogP contribution in [0.3, 0.4) is 0 Å². The van der Waals surface area contributed by atoms with E-state index >= 15 is 0 Å². The van der Waals surface area contributed by atoms with Crippen LogP contribution in [0, 0.1) is 6.92 Å². The molecular formula is C19H18ClNO3. The van der Waals surface area contributed by atoms with Gasteiger partial charge in [-0.15, -0.1) is 0 Å². The van der Waals surface area contributed by atoms with Gasteiger partial charge in [0.05, 0.1) is 0 Å². The van der Waals surface area contributed by atoms with E-state index in [9.17, 15) is 9.59 Å². The Labute approximate surface area is 146 Å². The molecule has 24 heavy (non-hydrogen) atoms. The SMILES string of the molecule is CCc1ccccc1NC(=O)/C=C/C(=O)Oc1ccc(Cl)cc1C. The zero-order valence-electron chi connectivity index (χ0n) is 13.5. The topological polar surface area (TPSA) is 55.4 Å². The molecule has 0 radical (unpaired) electrons. The number of aryl methyl sites for hydroxylation is 2. The van der Waals surface area contributed by atoms with Crippen molar-refractivity contribution in [1.29, 1.82) is 0 Å². The molecule has 0 atom stereocenters. The molecule has 124 valence electrons. The van der Waals surface area contributed by atoms with E-state index in [-0.39, 0.29) is 5.91 Å². The lowest BCUT2D eigenvalue weighted by atomic mass is 10.1. The number of para-hydroxylation sites is 1. The second kappa shape index (κ2) is 8.31. The van der Waals surface area contributed by atoms with E-state index in [2.05, 4.69) is 5.32 Å². The molecule has 2 rings (SSSR count). The molecule has 0 unspecified atom stereocenters. The van der Waals surface area contributed by atoms with Crippen LogP contribution in [0.5, 0.6) is 5.75 Å². The molecule has 0 aliphatic carbocycles. The van der Waals surface area contributed by atoms with Crippen LogP contribution in [0.1, 0.15) is 18.1 Å². The van der Waals surface area contributed by atoms with Gasteiger partial charge < -0.3 is 10.1 Å². The number of carbonyl (C=O) groups excluding carboxylic acids is 2. The van der Waals surface area contributed by atoms with Gasteiger partial charge in [0.25, 0.3) is 0 Å². The second-order valence-corrected chi connectivity index (χ2v) is 5.60. The van der Waals surface area contributed by atoms with Gasteiger partial charge in [0, 0.05) is 22.9 Å². The molecule has 0 saturated heterocycles. The second-order valence-electron chi connectivity index (χ2n) is 5.16. The summed E-state index contributed by atoms with van der Waals surface area (Å²) in [6.45, 7) is 3.79. The van der Waals surface area contributed by atoms with Crippen LogP contribution in [0.25, 0.3) is 0 Å². The first-order valence-electron chi connectivity index (χ1n) is 7.54. The van der Waals surface area contributed by atoms with Gasteiger partial charge in [0.2, 0.25) is 5.91 Å². The zero-order chi connectivity index (χ0) is 17.5. The van der Waals surface area contributed by atoms with Crippen molar-refractivity contribution in [1.82, 2.24) is 0 Å². The largest absolute Gasteiger partial charge is 0.423 e. The van der Waals surface area contributed by atoms with E-state index in [4.69, 9.17) is 16.3 Å². The molecule has 2 aromatic rings. The van der Waals surface area contributed by atoms with Gasteiger partial charge in [0.1, 0.15) is 5.75 Å². The monoisotopic (exact) mass is 343 g/mol. The van der Waals surface area contributed by atoms with Crippen LogP contribution in [-0.4, -0.2) is 11.9 Å². The molecule has 2 aromatic carbocycles. The van der Waals surface area contributed by atoms with Gasteiger partial charge in [-0.3, -0.25) is 4.79 Å². The molecule has 0 spiro atoms. The van der Waals surface area contributed by atoms with Crippen LogP contribution in [0.2, 0.25) is 5.02 Å². The summed E-state index contributed by atoms with van der Waals surface area (Å²) in [5.41, 5.74) is 2.50. The number of esters is 1. The molecule has 4 nitrogen and oxygen atoms in total. The lowest BCUT2D eigenvalue weighted by Gasteiger charge is -2.07. The molecule has 0 bridgehead atoms. The summed E-state index contributed by atoms with van der Waals surface area (Å²) in [6.07, 6.45) is 3.05. The number of nitrogens with one attached hydrogen (secondary N) is 1. The van der Waals surface area contributed by atoms with Crippen molar-refractivity contribution in [3.63, 3.8) is 0 Å². The Bertz CT molecular complexity index is 784. The number of anilines is 1. The summed E-state index contributed by atoms with van der Waals surface area (Å²) in [6, 6.07) is 12.5. The molecule has 0 saturated carbocycles.